The average Bonchev–Trinajstić information content (AvgIpc) is 3.09. The van der Waals surface area contributed by atoms with E-state index in [4.69, 9.17) is 4.74 Å². The van der Waals surface area contributed by atoms with Gasteiger partial charge in [-0.1, -0.05) is 12.2 Å². The van der Waals surface area contributed by atoms with Crippen molar-refractivity contribution in [1.82, 2.24) is 4.98 Å². The monoisotopic (exact) mass is 278 g/mol. The van der Waals surface area contributed by atoms with Gasteiger partial charge in [-0.15, -0.1) is 11.3 Å². The van der Waals surface area contributed by atoms with Crippen molar-refractivity contribution in [2.24, 2.45) is 11.8 Å². The van der Waals surface area contributed by atoms with E-state index in [9.17, 15) is 14.7 Å². The normalized spacial score (nSPS) is 39.1. The Labute approximate surface area is 112 Å². The lowest BCUT2D eigenvalue weighted by molar-refractivity contribution is -0.146. The highest BCUT2D eigenvalue weighted by Crippen LogP contribution is 2.52. The van der Waals surface area contributed by atoms with Crippen LogP contribution in [0.2, 0.25) is 0 Å². The van der Waals surface area contributed by atoms with Crippen LogP contribution in [0.15, 0.2) is 23.7 Å². The van der Waals surface area contributed by atoms with Gasteiger partial charge in [-0.3, -0.25) is 14.5 Å². The molecule has 98 valence electrons. The molecule has 0 aromatic carbocycles. The lowest BCUT2D eigenvalue weighted by Crippen LogP contribution is -2.39. The summed E-state index contributed by atoms with van der Waals surface area (Å²) in [7, 11) is 0. The SMILES string of the molecule is O=C(O)[C@@H]1[C@@H]2C=C[C@]3(CN(c4nccs4)C(=O)[C@@H]13)O2. The van der Waals surface area contributed by atoms with Crippen LogP contribution in [-0.4, -0.2) is 40.2 Å². The summed E-state index contributed by atoms with van der Waals surface area (Å²) in [6, 6.07) is 0. The Balaban J connectivity index is 1.77. The lowest BCUT2D eigenvalue weighted by Gasteiger charge is -2.21. The number of aliphatic carboxylic acids is 1. The Morgan fingerprint density at radius 2 is 2.47 bits per heavy atom. The molecular formula is C12H10N2O4S. The van der Waals surface area contributed by atoms with Crippen molar-refractivity contribution in [3.63, 3.8) is 0 Å². The van der Waals surface area contributed by atoms with E-state index in [1.165, 1.54) is 16.2 Å². The molecule has 1 aromatic heterocycles. The van der Waals surface area contributed by atoms with Crippen LogP contribution in [0.3, 0.4) is 0 Å². The number of amides is 1. The number of aromatic nitrogens is 1. The molecular weight excluding hydrogens is 268 g/mol. The smallest absolute Gasteiger partial charge is 0.310 e. The minimum absolute atomic E-state index is 0.200. The second-order valence-corrected chi connectivity index (χ2v) is 5.85. The topological polar surface area (TPSA) is 79.7 Å². The highest BCUT2D eigenvalue weighted by Gasteiger charge is 2.67. The van der Waals surface area contributed by atoms with E-state index < -0.39 is 29.5 Å². The Bertz CT molecular complexity index is 599. The molecule has 2 fully saturated rings. The number of ether oxygens (including phenoxy) is 1. The summed E-state index contributed by atoms with van der Waals surface area (Å²) in [5.74, 6) is -2.60. The van der Waals surface area contributed by atoms with Crippen molar-refractivity contribution >= 4 is 28.3 Å². The van der Waals surface area contributed by atoms with E-state index >= 15 is 0 Å². The molecule has 3 aliphatic heterocycles. The van der Waals surface area contributed by atoms with E-state index in [0.29, 0.717) is 11.7 Å². The third-order valence-electron chi connectivity index (χ3n) is 4.04. The Morgan fingerprint density at radius 1 is 1.63 bits per heavy atom. The third kappa shape index (κ3) is 1.26. The molecule has 4 heterocycles. The zero-order chi connectivity index (χ0) is 13.2. The van der Waals surface area contributed by atoms with E-state index in [-0.39, 0.29) is 5.91 Å². The van der Waals surface area contributed by atoms with Crippen LogP contribution in [0.25, 0.3) is 0 Å². The first-order chi connectivity index (χ1) is 9.12. The number of carbonyl (C=O) groups is 2. The predicted molar refractivity (Wildman–Crippen MR) is 65.8 cm³/mol. The maximum atomic E-state index is 12.5. The number of anilines is 1. The molecule has 0 saturated carbocycles. The van der Waals surface area contributed by atoms with Gasteiger partial charge in [-0.05, 0) is 0 Å². The molecule has 4 atom stereocenters. The van der Waals surface area contributed by atoms with Crippen molar-refractivity contribution in [2.45, 2.75) is 11.7 Å². The summed E-state index contributed by atoms with van der Waals surface area (Å²) in [6.45, 7) is 0.348. The number of carbonyl (C=O) groups excluding carboxylic acids is 1. The highest BCUT2D eigenvalue weighted by atomic mass is 32.1. The van der Waals surface area contributed by atoms with Crippen LogP contribution in [0.4, 0.5) is 5.13 Å². The van der Waals surface area contributed by atoms with Crippen molar-refractivity contribution in [1.29, 1.82) is 0 Å². The molecule has 4 rings (SSSR count). The van der Waals surface area contributed by atoms with Crippen LogP contribution in [0.5, 0.6) is 0 Å². The quantitative estimate of drug-likeness (QED) is 0.797. The molecule has 7 heteroatoms. The second kappa shape index (κ2) is 3.43. The summed E-state index contributed by atoms with van der Waals surface area (Å²) < 4.78 is 5.78. The lowest BCUT2D eigenvalue weighted by atomic mass is 9.77. The highest BCUT2D eigenvalue weighted by molar-refractivity contribution is 7.13. The van der Waals surface area contributed by atoms with E-state index in [1.54, 1.807) is 17.7 Å². The third-order valence-corrected chi connectivity index (χ3v) is 4.83. The summed E-state index contributed by atoms with van der Waals surface area (Å²) in [5, 5.41) is 11.7. The number of nitrogens with zero attached hydrogens (tertiary/aromatic N) is 2. The first kappa shape index (κ1) is 11.1. The molecule has 0 unspecified atom stereocenters. The zero-order valence-corrected chi connectivity index (χ0v) is 10.5. The van der Waals surface area contributed by atoms with E-state index in [0.717, 1.165) is 0 Å². The molecule has 1 aromatic rings. The number of thiazole rings is 1. The average molecular weight is 278 g/mol. The summed E-state index contributed by atoms with van der Waals surface area (Å²) in [6.07, 6.45) is 4.74. The second-order valence-electron chi connectivity index (χ2n) is 4.98. The molecule has 0 aliphatic carbocycles. The first-order valence-electron chi connectivity index (χ1n) is 5.93. The largest absolute Gasteiger partial charge is 0.481 e. The maximum Gasteiger partial charge on any atom is 0.310 e. The number of carboxylic acids is 1. The van der Waals surface area contributed by atoms with Crippen molar-refractivity contribution < 1.29 is 19.4 Å². The van der Waals surface area contributed by atoms with Gasteiger partial charge in [0, 0.05) is 11.6 Å². The van der Waals surface area contributed by atoms with Crippen molar-refractivity contribution in [3.8, 4) is 0 Å². The first-order valence-corrected chi connectivity index (χ1v) is 6.81. The van der Waals surface area contributed by atoms with Crippen LogP contribution >= 0.6 is 11.3 Å². The fraction of sp³-hybridized carbons (Fsp3) is 0.417. The van der Waals surface area contributed by atoms with Gasteiger partial charge in [0.2, 0.25) is 5.91 Å². The molecule has 2 bridgehead atoms. The van der Waals surface area contributed by atoms with Gasteiger partial charge in [0.1, 0.15) is 11.5 Å². The van der Waals surface area contributed by atoms with Gasteiger partial charge < -0.3 is 9.84 Å². The predicted octanol–water partition coefficient (Wildman–Crippen LogP) is 0.514. The van der Waals surface area contributed by atoms with Crippen molar-refractivity contribution in [3.05, 3.63) is 23.7 Å². The Morgan fingerprint density at radius 3 is 3.16 bits per heavy atom. The molecule has 1 N–H and O–H groups in total. The van der Waals surface area contributed by atoms with Gasteiger partial charge in [-0.25, -0.2) is 4.98 Å². The van der Waals surface area contributed by atoms with Crippen LogP contribution in [-0.2, 0) is 14.3 Å². The van der Waals surface area contributed by atoms with E-state index in [2.05, 4.69) is 4.98 Å². The molecule has 6 nitrogen and oxygen atoms in total. The molecule has 0 radical (unpaired) electrons. The minimum Gasteiger partial charge on any atom is -0.481 e. The van der Waals surface area contributed by atoms with Crippen LogP contribution < -0.4 is 4.90 Å². The number of hydrogen-bond donors (Lipinski definition) is 1. The van der Waals surface area contributed by atoms with Crippen LogP contribution in [0.1, 0.15) is 0 Å². The summed E-state index contributed by atoms with van der Waals surface area (Å²) in [5.41, 5.74) is -0.781. The van der Waals surface area contributed by atoms with Gasteiger partial charge in [0.05, 0.1) is 18.6 Å². The number of fused-ring (bicyclic) bond motifs is 1. The number of rotatable bonds is 2. The molecule has 19 heavy (non-hydrogen) atoms. The Kier molecular flexibility index (Phi) is 2.01. The molecule has 1 amide bonds. The van der Waals surface area contributed by atoms with Gasteiger partial charge in [0.25, 0.3) is 0 Å². The molecule has 3 aliphatic rings. The Hall–Kier alpha value is -1.73. The van der Waals surface area contributed by atoms with Gasteiger partial charge in [0.15, 0.2) is 5.13 Å². The fourth-order valence-corrected chi connectivity index (χ4v) is 3.94. The zero-order valence-electron chi connectivity index (χ0n) is 9.72. The van der Waals surface area contributed by atoms with Gasteiger partial charge >= 0.3 is 5.97 Å². The van der Waals surface area contributed by atoms with Gasteiger partial charge in [-0.2, -0.15) is 0 Å². The minimum atomic E-state index is -0.976. The van der Waals surface area contributed by atoms with E-state index in [1.807, 2.05) is 6.08 Å². The number of hydrogen-bond acceptors (Lipinski definition) is 5. The summed E-state index contributed by atoms with van der Waals surface area (Å²) in [4.78, 5) is 29.5. The maximum absolute atomic E-state index is 12.5. The fourth-order valence-electron chi connectivity index (χ4n) is 3.29. The molecule has 1 spiro atoms. The summed E-state index contributed by atoms with van der Waals surface area (Å²) >= 11 is 1.36. The van der Waals surface area contributed by atoms with Crippen molar-refractivity contribution in [2.75, 3.05) is 11.4 Å². The van der Waals surface area contributed by atoms with Crippen LogP contribution in [0, 0.1) is 11.8 Å². The standard InChI is InChI=1S/C12H10N2O4S/c15-9-8-7(10(16)17)6-1-2-12(8,18-6)5-14(9)11-13-3-4-19-11/h1-4,6-8H,5H2,(H,16,17)/t6-,7+,8+,12+/m0/s1. The number of carboxylic acid groups (broad SMARTS) is 1. The molecule has 2 saturated heterocycles.